The molecule has 2 aromatic carbocycles. The van der Waals surface area contributed by atoms with Gasteiger partial charge in [-0.15, -0.1) is 0 Å². The van der Waals surface area contributed by atoms with Gasteiger partial charge in [0.25, 0.3) is 5.91 Å². The first kappa shape index (κ1) is 18.8. The second kappa shape index (κ2) is 7.54. The number of ether oxygens (including phenoxy) is 2. The highest BCUT2D eigenvalue weighted by Crippen LogP contribution is 2.27. The van der Waals surface area contributed by atoms with Crippen LogP contribution in [-0.4, -0.2) is 46.9 Å². The number of amides is 1. The fraction of sp³-hybridized carbons (Fsp3) is 0.235. The van der Waals surface area contributed by atoms with Gasteiger partial charge in [-0.3, -0.25) is 4.79 Å². The first-order valence-electron chi connectivity index (χ1n) is 7.35. The third-order valence-corrected chi connectivity index (χ3v) is 5.35. The highest BCUT2D eigenvalue weighted by Gasteiger charge is 2.24. The van der Waals surface area contributed by atoms with Gasteiger partial charge in [0.1, 0.15) is 16.4 Å². The molecule has 0 fully saturated rings. The minimum atomic E-state index is -3.75. The molecule has 7 nitrogen and oxygen atoms in total. The maximum atomic E-state index is 12.5. The van der Waals surface area contributed by atoms with Crippen molar-refractivity contribution in [3.8, 4) is 11.5 Å². The normalized spacial score (nSPS) is 11.2. The van der Waals surface area contributed by atoms with Crippen molar-refractivity contribution in [3.05, 3.63) is 48.0 Å². The molecule has 0 aliphatic carbocycles. The van der Waals surface area contributed by atoms with Gasteiger partial charge in [0, 0.05) is 31.4 Å². The van der Waals surface area contributed by atoms with Crippen LogP contribution in [0.25, 0.3) is 0 Å². The monoisotopic (exact) mass is 364 g/mol. The predicted molar refractivity (Wildman–Crippen MR) is 94.8 cm³/mol. The van der Waals surface area contributed by atoms with Crippen molar-refractivity contribution in [1.29, 1.82) is 0 Å². The van der Waals surface area contributed by atoms with Crippen LogP contribution < -0.4 is 14.8 Å². The molecule has 25 heavy (non-hydrogen) atoms. The average Bonchev–Trinajstić information content (AvgIpc) is 2.61. The SMILES string of the molecule is COc1cccc(NC(=O)c2ccc(OC)c(S(=O)(=O)N(C)C)c2)c1. The summed E-state index contributed by atoms with van der Waals surface area (Å²) in [5.74, 6) is 0.334. The smallest absolute Gasteiger partial charge is 0.255 e. The quantitative estimate of drug-likeness (QED) is 0.849. The molecule has 134 valence electrons. The Bertz CT molecular complexity index is 878. The van der Waals surface area contributed by atoms with E-state index in [1.807, 2.05) is 0 Å². The molecule has 0 unspecified atom stereocenters. The molecule has 0 heterocycles. The number of nitrogens with one attached hydrogen (secondary N) is 1. The highest BCUT2D eigenvalue weighted by molar-refractivity contribution is 7.89. The molecule has 2 aromatic rings. The second-order valence-electron chi connectivity index (χ2n) is 5.34. The van der Waals surface area contributed by atoms with E-state index in [-0.39, 0.29) is 16.2 Å². The van der Waals surface area contributed by atoms with Gasteiger partial charge in [-0.2, -0.15) is 0 Å². The van der Waals surface area contributed by atoms with Crippen LogP contribution in [0.15, 0.2) is 47.4 Å². The van der Waals surface area contributed by atoms with E-state index in [1.54, 1.807) is 24.3 Å². The van der Waals surface area contributed by atoms with Gasteiger partial charge in [-0.25, -0.2) is 12.7 Å². The van der Waals surface area contributed by atoms with Crippen LogP contribution in [0.4, 0.5) is 5.69 Å². The lowest BCUT2D eigenvalue weighted by atomic mass is 10.2. The van der Waals surface area contributed by atoms with Crippen molar-refractivity contribution < 1.29 is 22.7 Å². The summed E-state index contributed by atoms with van der Waals surface area (Å²) in [6.07, 6.45) is 0. The Hall–Kier alpha value is -2.58. The maximum Gasteiger partial charge on any atom is 0.255 e. The minimum absolute atomic E-state index is 0.0710. The molecule has 0 aliphatic rings. The molecular formula is C17H20N2O5S. The van der Waals surface area contributed by atoms with Crippen LogP contribution in [-0.2, 0) is 10.0 Å². The van der Waals surface area contributed by atoms with E-state index in [4.69, 9.17) is 9.47 Å². The van der Waals surface area contributed by atoms with E-state index in [1.165, 1.54) is 46.5 Å². The Labute approximate surface area is 147 Å². The zero-order valence-electron chi connectivity index (χ0n) is 14.4. The molecule has 1 N–H and O–H groups in total. The summed E-state index contributed by atoms with van der Waals surface area (Å²) in [7, 11) is 1.98. The zero-order chi connectivity index (χ0) is 18.6. The number of sulfonamides is 1. The Kier molecular flexibility index (Phi) is 5.66. The first-order valence-corrected chi connectivity index (χ1v) is 8.79. The second-order valence-corrected chi connectivity index (χ2v) is 7.46. The van der Waals surface area contributed by atoms with Crippen LogP contribution >= 0.6 is 0 Å². The maximum absolute atomic E-state index is 12.5. The van der Waals surface area contributed by atoms with Crippen molar-refractivity contribution in [2.45, 2.75) is 4.90 Å². The Morgan fingerprint density at radius 2 is 1.76 bits per heavy atom. The Balaban J connectivity index is 2.37. The lowest BCUT2D eigenvalue weighted by Gasteiger charge is -2.15. The summed E-state index contributed by atoms with van der Waals surface area (Å²) in [5.41, 5.74) is 0.737. The number of carbonyl (C=O) groups is 1. The highest BCUT2D eigenvalue weighted by atomic mass is 32.2. The minimum Gasteiger partial charge on any atom is -0.497 e. The van der Waals surface area contributed by atoms with Gasteiger partial charge in [-0.05, 0) is 30.3 Å². The predicted octanol–water partition coefficient (Wildman–Crippen LogP) is 2.21. The molecule has 8 heteroatoms. The summed E-state index contributed by atoms with van der Waals surface area (Å²) < 4.78 is 36.1. The Morgan fingerprint density at radius 1 is 1.04 bits per heavy atom. The van der Waals surface area contributed by atoms with Crippen molar-refractivity contribution in [2.75, 3.05) is 33.6 Å². The van der Waals surface area contributed by atoms with Gasteiger partial charge in [0.2, 0.25) is 10.0 Å². The van der Waals surface area contributed by atoms with Crippen molar-refractivity contribution in [2.24, 2.45) is 0 Å². The lowest BCUT2D eigenvalue weighted by Crippen LogP contribution is -2.23. The molecule has 0 saturated carbocycles. The van der Waals surface area contributed by atoms with Gasteiger partial charge < -0.3 is 14.8 Å². The van der Waals surface area contributed by atoms with Gasteiger partial charge >= 0.3 is 0 Å². The van der Waals surface area contributed by atoms with Crippen molar-refractivity contribution >= 4 is 21.6 Å². The van der Waals surface area contributed by atoms with Crippen LogP contribution in [0.5, 0.6) is 11.5 Å². The van der Waals surface area contributed by atoms with E-state index < -0.39 is 15.9 Å². The number of carbonyl (C=O) groups excluding carboxylic acids is 1. The molecule has 0 bridgehead atoms. The Morgan fingerprint density at radius 3 is 2.36 bits per heavy atom. The van der Waals surface area contributed by atoms with Gasteiger partial charge in [0.05, 0.1) is 14.2 Å². The molecule has 0 saturated heterocycles. The summed E-state index contributed by atoms with van der Waals surface area (Å²) in [4.78, 5) is 12.4. The molecule has 0 spiro atoms. The third kappa shape index (κ3) is 4.09. The molecule has 0 aromatic heterocycles. The van der Waals surface area contributed by atoms with E-state index >= 15 is 0 Å². The third-order valence-electron chi connectivity index (χ3n) is 3.51. The number of anilines is 1. The van der Waals surface area contributed by atoms with Gasteiger partial charge in [0.15, 0.2) is 0 Å². The fourth-order valence-corrected chi connectivity index (χ4v) is 3.20. The van der Waals surface area contributed by atoms with Crippen LogP contribution in [0.1, 0.15) is 10.4 Å². The molecule has 0 radical (unpaired) electrons. The fourth-order valence-electron chi connectivity index (χ4n) is 2.12. The summed E-state index contributed by atoms with van der Waals surface area (Å²) in [6.45, 7) is 0. The number of hydrogen-bond donors (Lipinski definition) is 1. The average molecular weight is 364 g/mol. The van der Waals surface area contributed by atoms with E-state index in [2.05, 4.69) is 5.32 Å². The van der Waals surface area contributed by atoms with Crippen LogP contribution in [0, 0.1) is 0 Å². The summed E-state index contributed by atoms with van der Waals surface area (Å²) >= 11 is 0. The molecule has 0 aliphatic heterocycles. The number of nitrogens with zero attached hydrogens (tertiary/aromatic N) is 1. The zero-order valence-corrected chi connectivity index (χ0v) is 15.3. The number of methoxy groups -OCH3 is 2. The van der Waals surface area contributed by atoms with Crippen molar-refractivity contribution in [1.82, 2.24) is 4.31 Å². The van der Waals surface area contributed by atoms with Crippen LogP contribution in [0.2, 0.25) is 0 Å². The first-order chi connectivity index (χ1) is 11.8. The number of rotatable bonds is 6. The molecule has 1 amide bonds. The number of hydrogen-bond acceptors (Lipinski definition) is 5. The van der Waals surface area contributed by atoms with Crippen LogP contribution in [0.3, 0.4) is 0 Å². The van der Waals surface area contributed by atoms with E-state index in [9.17, 15) is 13.2 Å². The van der Waals surface area contributed by atoms with Gasteiger partial charge in [-0.1, -0.05) is 6.07 Å². The molecular weight excluding hydrogens is 344 g/mol. The molecule has 0 atom stereocenters. The molecule has 2 rings (SSSR count). The summed E-state index contributed by atoms with van der Waals surface area (Å²) in [6, 6.07) is 11.1. The standard InChI is InChI=1S/C17H20N2O5S/c1-19(2)25(21,22)16-10-12(8-9-15(16)24-4)17(20)18-13-6-5-7-14(11-13)23-3/h5-11H,1-4H3,(H,18,20). The van der Waals surface area contributed by atoms with E-state index in [0.29, 0.717) is 11.4 Å². The van der Waals surface area contributed by atoms with E-state index in [0.717, 1.165) is 4.31 Å². The summed E-state index contributed by atoms with van der Waals surface area (Å²) in [5, 5.41) is 2.71. The van der Waals surface area contributed by atoms with Crippen molar-refractivity contribution in [3.63, 3.8) is 0 Å². The lowest BCUT2D eigenvalue weighted by molar-refractivity contribution is 0.102. The largest absolute Gasteiger partial charge is 0.497 e. The number of benzene rings is 2. The topological polar surface area (TPSA) is 84.9 Å².